The zero-order valence-corrected chi connectivity index (χ0v) is 17.9. The molecule has 28 heavy (non-hydrogen) atoms. The maximum Gasteiger partial charge on any atom is 0.407 e. The van der Waals surface area contributed by atoms with E-state index in [2.05, 4.69) is 20.6 Å². The summed E-state index contributed by atoms with van der Waals surface area (Å²) in [5.41, 5.74) is -1.05. The Bertz CT molecular complexity index is 556. The largest absolute Gasteiger partial charge is 0.444 e. The van der Waals surface area contributed by atoms with Gasteiger partial charge in [-0.25, -0.2) is 9.59 Å². The van der Waals surface area contributed by atoms with Gasteiger partial charge in [-0.05, 0) is 47.6 Å². The van der Waals surface area contributed by atoms with E-state index in [4.69, 9.17) is 9.47 Å². The number of nitrogens with one attached hydrogen (secondary N) is 2. The molecule has 0 fully saturated rings. The van der Waals surface area contributed by atoms with Crippen molar-refractivity contribution in [3.63, 3.8) is 0 Å². The second-order valence-electron chi connectivity index (χ2n) is 8.47. The van der Waals surface area contributed by atoms with E-state index in [9.17, 15) is 9.59 Å². The highest BCUT2D eigenvalue weighted by Crippen LogP contribution is 2.07. The van der Waals surface area contributed by atoms with Crippen molar-refractivity contribution in [3.8, 4) is 0 Å². The van der Waals surface area contributed by atoms with Crippen molar-refractivity contribution in [2.45, 2.75) is 59.3 Å². The van der Waals surface area contributed by atoms with Gasteiger partial charge < -0.3 is 20.1 Å². The number of carbonyl (C=O) groups excluding carboxylic acids is 2. The fourth-order valence-corrected chi connectivity index (χ4v) is 2.27. The van der Waals surface area contributed by atoms with E-state index < -0.39 is 23.4 Å². The number of hydrogen-bond donors (Lipinski definition) is 2. The van der Waals surface area contributed by atoms with Crippen LogP contribution in [0.15, 0.2) is 18.5 Å². The van der Waals surface area contributed by atoms with Gasteiger partial charge >= 0.3 is 12.2 Å². The lowest BCUT2D eigenvalue weighted by Crippen LogP contribution is -2.42. The molecule has 0 saturated heterocycles. The lowest BCUT2D eigenvalue weighted by molar-refractivity contribution is 0.0520. The summed E-state index contributed by atoms with van der Waals surface area (Å²) in [5, 5.41) is 9.71. The molecular weight excluding hydrogens is 362 g/mol. The molecule has 0 unspecified atom stereocenters. The molecule has 0 aliphatic heterocycles. The van der Waals surface area contributed by atoms with Crippen molar-refractivity contribution < 1.29 is 19.1 Å². The van der Waals surface area contributed by atoms with E-state index in [1.807, 2.05) is 58.5 Å². The average Bonchev–Trinajstić information content (AvgIpc) is 3.01. The Labute approximate surface area is 167 Å². The van der Waals surface area contributed by atoms with E-state index in [-0.39, 0.29) is 0 Å². The van der Waals surface area contributed by atoms with Crippen molar-refractivity contribution in [2.75, 3.05) is 32.7 Å². The number of alkyl carbamates (subject to hydrolysis) is 2. The fourth-order valence-electron chi connectivity index (χ4n) is 2.27. The van der Waals surface area contributed by atoms with Gasteiger partial charge in [0.25, 0.3) is 0 Å². The second-order valence-corrected chi connectivity index (χ2v) is 8.47. The number of aromatic nitrogens is 2. The van der Waals surface area contributed by atoms with Crippen molar-refractivity contribution in [2.24, 2.45) is 0 Å². The van der Waals surface area contributed by atoms with Gasteiger partial charge in [0.2, 0.25) is 0 Å². The van der Waals surface area contributed by atoms with Crippen molar-refractivity contribution in [1.82, 2.24) is 25.3 Å². The maximum atomic E-state index is 11.8. The first-order valence-corrected chi connectivity index (χ1v) is 9.58. The quantitative estimate of drug-likeness (QED) is 0.663. The normalized spacial score (nSPS) is 12.0. The maximum absolute atomic E-state index is 11.8. The predicted molar refractivity (Wildman–Crippen MR) is 107 cm³/mol. The summed E-state index contributed by atoms with van der Waals surface area (Å²) in [5.74, 6) is 0. The Morgan fingerprint density at radius 1 is 0.929 bits per heavy atom. The minimum Gasteiger partial charge on any atom is -0.444 e. The Hall–Kier alpha value is -2.29. The van der Waals surface area contributed by atoms with Crippen molar-refractivity contribution in [3.05, 3.63) is 18.5 Å². The molecule has 2 N–H and O–H groups in total. The Morgan fingerprint density at radius 2 is 1.43 bits per heavy atom. The van der Waals surface area contributed by atoms with Gasteiger partial charge in [0.05, 0.1) is 6.54 Å². The van der Waals surface area contributed by atoms with Crippen LogP contribution in [0.4, 0.5) is 9.59 Å². The van der Waals surface area contributed by atoms with Crippen LogP contribution in [0.3, 0.4) is 0 Å². The Morgan fingerprint density at radius 3 is 1.82 bits per heavy atom. The first-order chi connectivity index (χ1) is 12.9. The minimum absolute atomic E-state index is 0.439. The standard InChI is InChI=1S/C19H35N5O4/c1-18(2,3)27-16(25)20-9-12-23(14-15-24-11-7-8-22-24)13-10-21-17(26)28-19(4,5)6/h7-8,11H,9-10,12-15H2,1-6H3,(H,20,25)(H,21,26). The number of ether oxygens (including phenoxy) is 2. The van der Waals surface area contributed by atoms with Gasteiger partial charge in [0.15, 0.2) is 0 Å². The molecule has 0 saturated carbocycles. The van der Waals surface area contributed by atoms with Crippen molar-refractivity contribution >= 4 is 12.2 Å². The number of amides is 2. The fraction of sp³-hybridized carbons (Fsp3) is 0.737. The van der Waals surface area contributed by atoms with Crippen LogP contribution in [-0.2, 0) is 16.0 Å². The van der Waals surface area contributed by atoms with E-state index in [0.29, 0.717) is 32.7 Å². The number of carbonyl (C=O) groups is 2. The summed E-state index contributed by atoms with van der Waals surface area (Å²) in [4.78, 5) is 25.7. The molecular formula is C19H35N5O4. The SMILES string of the molecule is CC(C)(C)OC(=O)NCCN(CCNC(=O)OC(C)(C)C)CCn1cccn1. The first-order valence-electron chi connectivity index (χ1n) is 9.58. The van der Waals surface area contributed by atoms with Crippen LogP contribution in [0.2, 0.25) is 0 Å². The third-order valence-corrected chi connectivity index (χ3v) is 3.40. The highest BCUT2D eigenvalue weighted by Gasteiger charge is 2.17. The molecule has 9 heteroatoms. The lowest BCUT2D eigenvalue weighted by Gasteiger charge is -2.24. The molecule has 0 spiro atoms. The zero-order chi connectivity index (χ0) is 21.2. The lowest BCUT2D eigenvalue weighted by atomic mass is 10.2. The summed E-state index contributed by atoms with van der Waals surface area (Å²) in [6.45, 7) is 14.5. The van der Waals surface area contributed by atoms with Gasteiger partial charge in [-0.2, -0.15) is 5.10 Å². The Kier molecular flexibility index (Phi) is 9.24. The average molecular weight is 398 g/mol. The van der Waals surface area contributed by atoms with Crippen LogP contribution in [0.1, 0.15) is 41.5 Å². The number of rotatable bonds is 9. The molecule has 1 rings (SSSR count). The molecule has 2 amide bonds. The molecule has 1 aromatic rings. The molecule has 0 aliphatic rings. The minimum atomic E-state index is -0.527. The Balaban J connectivity index is 2.42. The van der Waals surface area contributed by atoms with E-state index in [1.165, 1.54) is 0 Å². The molecule has 0 bridgehead atoms. The molecule has 0 radical (unpaired) electrons. The first kappa shape index (κ1) is 23.7. The van der Waals surface area contributed by atoms with Gasteiger partial charge in [-0.1, -0.05) is 0 Å². The topological polar surface area (TPSA) is 97.7 Å². The number of hydrogen-bond acceptors (Lipinski definition) is 6. The van der Waals surface area contributed by atoms with Crippen LogP contribution in [-0.4, -0.2) is 70.8 Å². The summed E-state index contributed by atoms with van der Waals surface area (Å²) < 4.78 is 12.3. The molecule has 160 valence electrons. The molecule has 0 atom stereocenters. The molecule has 0 aromatic carbocycles. The van der Waals surface area contributed by atoms with Crippen LogP contribution >= 0.6 is 0 Å². The van der Waals surface area contributed by atoms with Crippen LogP contribution in [0.25, 0.3) is 0 Å². The van der Waals surface area contributed by atoms with Crippen LogP contribution in [0.5, 0.6) is 0 Å². The van der Waals surface area contributed by atoms with E-state index >= 15 is 0 Å². The van der Waals surface area contributed by atoms with E-state index in [1.54, 1.807) is 6.20 Å². The van der Waals surface area contributed by atoms with Gasteiger partial charge in [-0.15, -0.1) is 0 Å². The van der Waals surface area contributed by atoms with Gasteiger partial charge in [0.1, 0.15) is 11.2 Å². The van der Waals surface area contributed by atoms with Gasteiger partial charge in [0, 0.05) is 45.1 Å². The molecule has 9 nitrogen and oxygen atoms in total. The van der Waals surface area contributed by atoms with E-state index in [0.717, 1.165) is 6.54 Å². The molecule has 1 heterocycles. The molecule has 1 aromatic heterocycles. The third kappa shape index (κ3) is 12.2. The van der Waals surface area contributed by atoms with Gasteiger partial charge in [-0.3, -0.25) is 9.58 Å². The zero-order valence-electron chi connectivity index (χ0n) is 17.9. The van der Waals surface area contributed by atoms with Crippen LogP contribution < -0.4 is 10.6 Å². The predicted octanol–water partition coefficient (Wildman–Crippen LogP) is 2.23. The summed E-state index contributed by atoms with van der Waals surface area (Å²) in [6.07, 6.45) is 2.76. The monoisotopic (exact) mass is 397 g/mol. The summed E-state index contributed by atoms with van der Waals surface area (Å²) >= 11 is 0. The third-order valence-electron chi connectivity index (χ3n) is 3.40. The highest BCUT2D eigenvalue weighted by atomic mass is 16.6. The van der Waals surface area contributed by atoms with Crippen molar-refractivity contribution in [1.29, 1.82) is 0 Å². The number of nitrogens with zero attached hydrogens (tertiary/aromatic N) is 3. The van der Waals surface area contributed by atoms with Crippen LogP contribution in [0, 0.1) is 0 Å². The highest BCUT2D eigenvalue weighted by molar-refractivity contribution is 5.68. The molecule has 0 aliphatic carbocycles. The summed E-state index contributed by atoms with van der Waals surface area (Å²) in [7, 11) is 0. The second kappa shape index (κ2) is 10.9. The summed E-state index contributed by atoms with van der Waals surface area (Å²) in [6, 6.07) is 1.87. The smallest absolute Gasteiger partial charge is 0.407 e.